The first-order chi connectivity index (χ1) is 9.38. The lowest BCUT2D eigenvalue weighted by Crippen LogP contribution is -2.53. The maximum Gasteiger partial charge on any atom is 0.145 e. The van der Waals surface area contributed by atoms with Gasteiger partial charge in [0.2, 0.25) is 0 Å². The highest BCUT2D eigenvalue weighted by Gasteiger charge is 2.34. The maximum absolute atomic E-state index is 4.66. The Morgan fingerprint density at radius 3 is 2.63 bits per heavy atom. The Morgan fingerprint density at radius 2 is 1.89 bits per heavy atom. The number of anilines is 1. The van der Waals surface area contributed by atoms with Gasteiger partial charge in [0, 0.05) is 12.6 Å². The van der Waals surface area contributed by atoms with Crippen molar-refractivity contribution in [2.45, 2.75) is 18.9 Å². The molecule has 19 heavy (non-hydrogen) atoms. The molecule has 1 aromatic carbocycles. The summed E-state index contributed by atoms with van der Waals surface area (Å²) in [6.07, 6.45) is 4.50. The van der Waals surface area contributed by atoms with Crippen molar-refractivity contribution in [3.63, 3.8) is 0 Å². The van der Waals surface area contributed by atoms with Crippen molar-refractivity contribution in [3.05, 3.63) is 30.5 Å². The number of nitrogens with zero attached hydrogens (tertiary/aromatic N) is 3. The van der Waals surface area contributed by atoms with Crippen molar-refractivity contribution in [1.29, 1.82) is 0 Å². The predicted octanol–water partition coefficient (Wildman–Crippen LogP) is 2.14. The minimum absolute atomic E-state index is 0.540. The van der Waals surface area contributed by atoms with Crippen LogP contribution in [-0.2, 0) is 0 Å². The van der Waals surface area contributed by atoms with Gasteiger partial charge in [0.05, 0.1) is 17.2 Å². The van der Waals surface area contributed by atoms with Crippen molar-refractivity contribution >= 4 is 16.9 Å². The zero-order valence-corrected chi connectivity index (χ0v) is 10.9. The first kappa shape index (κ1) is 11.2. The fourth-order valence-electron chi connectivity index (χ4n) is 3.35. The van der Waals surface area contributed by atoms with Crippen molar-refractivity contribution in [3.8, 4) is 0 Å². The van der Waals surface area contributed by atoms with E-state index in [0.717, 1.165) is 29.3 Å². The number of para-hydroxylation sites is 2. The van der Waals surface area contributed by atoms with E-state index < -0.39 is 0 Å². The van der Waals surface area contributed by atoms with E-state index in [-0.39, 0.29) is 0 Å². The van der Waals surface area contributed by atoms with Gasteiger partial charge >= 0.3 is 0 Å². The second-order valence-electron chi connectivity index (χ2n) is 5.63. The summed E-state index contributed by atoms with van der Waals surface area (Å²) in [6, 6.07) is 8.56. The molecular formula is C15H18N4. The Morgan fingerprint density at radius 1 is 1.11 bits per heavy atom. The van der Waals surface area contributed by atoms with E-state index >= 15 is 0 Å². The lowest BCUT2D eigenvalue weighted by Gasteiger charge is -2.45. The first-order valence-corrected chi connectivity index (χ1v) is 7.09. The van der Waals surface area contributed by atoms with Crippen LogP contribution in [0.4, 0.5) is 5.82 Å². The highest BCUT2D eigenvalue weighted by atomic mass is 15.2. The van der Waals surface area contributed by atoms with Crippen LogP contribution in [0, 0.1) is 5.92 Å². The van der Waals surface area contributed by atoms with Crippen molar-refractivity contribution < 1.29 is 0 Å². The smallest absolute Gasteiger partial charge is 0.145 e. The number of fused-ring (bicyclic) bond motifs is 4. The zero-order valence-electron chi connectivity index (χ0n) is 10.9. The highest BCUT2D eigenvalue weighted by molar-refractivity contribution is 5.75. The first-order valence-electron chi connectivity index (χ1n) is 7.09. The average molecular weight is 254 g/mol. The third kappa shape index (κ3) is 2.06. The average Bonchev–Trinajstić information content (AvgIpc) is 2.48. The summed E-state index contributed by atoms with van der Waals surface area (Å²) in [5.41, 5.74) is 1.93. The number of hydrogen-bond acceptors (Lipinski definition) is 4. The molecule has 1 aromatic heterocycles. The number of piperidine rings is 3. The van der Waals surface area contributed by atoms with E-state index in [9.17, 15) is 0 Å². The number of hydrogen-bond donors (Lipinski definition) is 1. The van der Waals surface area contributed by atoms with E-state index in [0.29, 0.717) is 6.04 Å². The van der Waals surface area contributed by atoms with E-state index in [4.69, 9.17) is 0 Å². The number of rotatable bonds is 2. The Bertz CT molecular complexity index is 589. The summed E-state index contributed by atoms with van der Waals surface area (Å²) >= 11 is 0. The molecule has 2 bridgehead atoms. The van der Waals surface area contributed by atoms with Crippen LogP contribution in [0.1, 0.15) is 12.8 Å². The standard InChI is InChI=1S/C15H18N4/c1-2-4-13-12(3-1)16-9-15(17-13)18-14-10-19-7-5-11(14)6-8-19/h1-4,9,11,14H,5-8,10H2,(H,17,18). The highest BCUT2D eigenvalue weighted by Crippen LogP contribution is 2.29. The second-order valence-corrected chi connectivity index (χ2v) is 5.63. The zero-order chi connectivity index (χ0) is 12.7. The van der Waals surface area contributed by atoms with Crippen molar-refractivity contribution in [2.24, 2.45) is 5.92 Å². The molecule has 0 saturated carbocycles. The van der Waals surface area contributed by atoms with Crippen LogP contribution in [0.25, 0.3) is 11.0 Å². The van der Waals surface area contributed by atoms with Crippen LogP contribution < -0.4 is 5.32 Å². The largest absolute Gasteiger partial charge is 0.364 e. The minimum atomic E-state index is 0.540. The molecular weight excluding hydrogens is 236 g/mol. The summed E-state index contributed by atoms with van der Waals surface area (Å²) in [6.45, 7) is 3.69. The summed E-state index contributed by atoms with van der Waals surface area (Å²) in [7, 11) is 0. The monoisotopic (exact) mass is 254 g/mol. The van der Waals surface area contributed by atoms with Gasteiger partial charge in [-0.25, -0.2) is 4.98 Å². The fourth-order valence-corrected chi connectivity index (χ4v) is 3.35. The SMILES string of the molecule is c1ccc2nc(NC3CN4CCC3CC4)cnc2c1. The van der Waals surface area contributed by atoms with Crippen LogP contribution in [-0.4, -0.2) is 40.5 Å². The van der Waals surface area contributed by atoms with Crippen molar-refractivity contribution in [2.75, 3.05) is 25.0 Å². The molecule has 1 N–H and O–H groups in total. The molecule has 5 rings (SSSR count). The Hall–Kier alpha value is -1.68. The van der Waals surface area contributed by atoms with Crippen LogP contribution in [0.5, 0.6) is 0 Å². The molecule has 0 aliphatic carbocycles. The molecule has 4 nitrogen and oxygen atoms in total. The van der Waals surface area contributed by atoms with E-state index in [1.54, 1.807) is 0 Å². The molecule has 98 valence electrons. The lowest BCUT2D eigenvalue weighted by atomic mass is 9.84. The fraction of sp³-hybridized carbons (Fsp3) is 0.467. The van der Waals surface area contributed by atoms with Gasteiger partial charge < -0.3 is 10.2 Å². The van der Waals surface area contributed by atoms with Gasteiger partial charge in [0.1, 0.15) is 5.82 Å². The molecule has 0 radical (unpaired) electrons. The molecule has 2 aromatic rings. The number of nitrogens with one attached hydrogen (secondary N) is 1. The molecule has 1 unspecified atom stereocenters. The van der Waals surface area contributed by atoms with Gasteiger partial charge in [-0.2, -0.15) is 0 Å². The quantitative estimate of drug-likeness (QED) is 0.891. The van der Waals surface area contributed by atoms with Crippen LogP contribution in [0.2, 0.25) is 0 Å². The van der Waals surface area contributed by atoms with Crippen molar-refractivity contribution in [1.82, 2.24) is 14.9 Å². The Labute approximate surface area is 112 Å². The van der Waals surface area contributed by atoms with Gasteiger partial charge in [-0.1, -0.05) is 12.1 Å². The molecule has 3 aliphatic rings. The summed E-state index contributed by atoms with van der Waals surface area (Å²) in [5.74, 6) is 1.72. The van der Waals surface area contributed by atoms with Gasteiger partial charge in [0.15, 0.2) is 0 Å². The Kier molecular flexibility index (Phi) is 2.62. The van der Waals surface area contributed by atoms with Gasteiger partial charge in [0.25, 0.3) is 0 Å². The molecule has 0 spiro atoms. The Balaban J connectivity index is 1.58. The lowest BCUT2D eigenvalue weighted by molar-refractivity contribution is 0.0974. The van der Waals surface area contributed by atoms with Crippen LogP contribution in [0.15, 0.2) is 30.5 Å². The van der Waals surface area contributed by atoms with Gasteiger partial charge in [-0.3, -0.25) is 4.98 Å². The minimum Gasteiger partial charge on any atom is -0.364 e. The van der Waals surface area contributed by atoms with E-state index in [1.165, 1.54) is 25.9 Å². The molecule has 3 fully saturated rings. The third-order valence-electron chi connectivity index (χ3n) is 4.44. The summed E-state index contributed by atoms with van der Waals surface area (Å²) in [4.78, 5) is 11.7. The molecule has 4 heteroatoms. The molecule has 3 saturated heterocycles. The molecule has 3 aliphatic heterocycles. The van der Waals surface area contributed by atoms with Gasteiger partial charge in [-0.15, -0.1) is 0 Å². The summed E-state index contributed by atoms with van der Waals surface area (Å²) in [5, 5.41) is 3.59. The van der Waals surface area contributed by atoms with E-state index in [2.05, 4.69) is 20.2 Å². The summed E-state index contributed by atoms with van der Waals surface area (Å²) < 4.78 is 0. The molecule has 0 amide bonds. The normalized spacial score (nSPS) is 29.6. The second kappa shape index (κ2) is 4.46. The predicted molar refractivity (Wildman–Crippen MR) is 76.1 cm³/mol. The number of benzene rings is 1. The number of aromatic nitrogens is 2. The van der Waals surface area contributed by atoms with E-state index in [1.807, 2.05) is 30.5 Å². The topological polar surface area (TPSA) is 41.1 Å². The third-order valence-corrected chi connectivity index (χ3v) is 4.44. The maximum atomic E-state index is 4.66. The van der Waals surface area contributed by atoms with Crippen LogP contribution >= 0.6 is 0 Å². The molecule has 1 atom stereocenters. The van der Waals surface area contributed by atoms with Crippen LogP contribution in [0.3, 0.4) is 0 Å². The molecule has 4 heterocycles. The van der Waals surface area contributed by atoms with Gasteiger partial charge in [-0.05, 0) is 44.0 Å².